The summed E-state index contributed by atoms with van der Waals surface area (Å²) in [6.45, 7) is 8.26. The first-order chi connectivity index (χ1) is 6.70. The molecule has 1 aliphatic heterocycles. The zero-order valence-electron chi connectivity index (χ0n) is 8.75. The highest BCUT2D eigenvalue weighted by molar-refractivity contribution is 7.90. The minimum atomic E-state index is -0.909. The molecule has 1 heterocycles. The summed E-state index contributed by atoms with van der Waals surface area (Å²) in [5.41, 5.74) is 1.73. The molecular formula is C10H16N2OS. The van der Waals surface area contributed by atoms with Crippen molar-refractivity contribution in [3.8, 4) is 0 Å². The molecule has 1 aliphatic rings. The Balaban J connectivity index is 2.93. The van der Waals surface area contributed by atoms with Gasteiger partial charge >= 0.3 is 0 Å². The number of nitrogens with zero attached hydrogens (tertiary/aromatic N) is 2. The molecule has 0 fully saturated rings. The Morgan fingerprint density at radius 2 is 2.36 bits per heavy atom. The second-order valence-electron chi connectivity index (χ2n) is 3.20. The minimum Gasteiger partial charge on any atom is -0.289 e. The van der Waals surface area contributed by atoms with Crippen LogP contribution in [-0.4, -0.2) is 28.9 Å². The van der Waals surface area contributed by atoms with Crippen LogP contribution in [0.5, 0.6) is 0 Å². The Morgan fingerprint density at radius 1 is 1.64 bits per heavy atom. The average Bonchev–Trinajstić information content (AvgIpc) is 2.56. The van der Waals surface area contributed by atoms with Crippen LogP contribution in [0.25, 0.3) is 0 Å². The van der Waals surface area contributed by atoms with Gasteiger partial charge in [0.1, 0.15) is 0 Å². The van der Waals surface area contributed by atoms with E-state index < -0.39 is 10.8 Å². The van der Waals surface area contributed by atoms with E-state index in [0.29, 0.717) is 5.75 Å². The maximum atomic E-state index is 11.6. The van der Waals surface area contributed by atoms with Crippen molar-refractivity contribution < 1.29 is 4.21 Å². The van der Waals surface area contributed by atoms with Gasteiger partial charge in [-0.1, -0.05) is 6.92 Å². The molecule has 0 amide bonds. The fourth-order valence-electron chi connectivity index (χ4n) is 1.41. The molecule has 0 bridgehead atoms. The molecule has 1 unspecified atom stereocenters. The van der Waals surface area contributed by atoms with Crippen LogP contribution in [0.2, 0.25) is 0 Å². The first kappa shape index (κ1) is 11.3. The summed E-state index contributed by atoms with van der Waals surface area (Å²) in [5.74, 6) is 0.669. The van der Waals surface area contributed by atoms with Gasteiger partial charge in [0.2, 0.25) is 0 Å². The van der Waals surface area contributed by atoms with E-state index in [2.05, 4.69) is 23.6 Å². The third kappa shape index (κ3) is 2.38. The lowest BCUT2D eigenvalue weighted by atomic mass is 10.2. The van der Waals surface area contributed by atoms with Gasteiger partial charge in [-0.25, -0.2) is 0 Å². The van der Waals surface area contributed by atoms with Crippen LogP contribution in [0.1, 0.15) is 26.7 Å². The molecule has 0 aliphatic carbocycles. The number of hydrogen-bond donors (Lipinski definition) is 0. The van der Waals surface area contributed by atoms with E-state index >= 15 is 0 Å². The predicted octanol–water partition coefficient (Wildman–Crippen LogP) is 1.92. The Morgan fingerprint density at radius 3 is 2.93 bits per heavy atom. The lowest BCUT2D eigenvalue weighted by molar-refractivity contribution is 0.689. The van der Waals surface area contributed by atoms with Gasteiger partial charge in [-0.3, -0.25) is 14.2 Å². The van der Waals surface area contributed by atoms with Crippen LogP contribution in [0.3, 0.4) is 0 Å². The fraction of sp³-hybridized carbons (Fsp3) is 0.600. The van der Waals surface area contributed by atoms with Crippen LogP contribution < -0.4 is 0 Å². The van der Waals surface area contributed by atoms with Crippen LogP contribution in [0.4, 0.5) is 0 Å². The quantitative estimate of drug-likeness (QED) is 0.656. The molecule has 1 rings (SSSR count). The summed E-state index contributed by atoms with van der Waals surface area (Å²) in [4.78, 5) is 9.07. The highest BCUT2D eigenvalue weighted by Crippen LogP contribution is 2.24. The van der Waals surface area contributed by atoms with Gasteiger partial charge < -0.3 is 0 Å². The third-order valence-electron chi connectivity index (χ3n) is 2.11. The SMILES string of the molecule is C=NC1=C(C(C)=NCCC)S(=O)CC1. The van der Waals surface area contributed by atoms with Gasteiger partial charge in [-0.05, 0) is 20.1 Å². The van der Waals surface area contributed by atoms with Crippen molar-refractivity contribution in [2.45, 2.75) is 26.7 Å². The lowest BCUT2D eigenvalue weighted by Gasteiger charge is -2.01. The smallest absolute Gasteiger partial charge is 0.0810 e. The van der Waals surface area contributed by atoms with Gasteiger partial charge in [-0.15, -0.1) is 0 Å². The maximum Gasteiger partial charge on any atom is 0.0810 e. The molecule has 0 radical (unpaired) electrons. The van der Waals surface area contributed by atoms with E-state index in [0.717, 1.165) is 35.7 Å². The van der Waals surface area contributed by atoms with Gasteiger partial charge in [-0.2, -0.15) is 0 Å². The largest absolute Gasteiger partial charge is 0.289 e. The summed E-state index contributed by atoms with van der Waals surface area (Å²) in [7, 11) is -0.909. The summed E-state index contributed by atoms with van der Waals surface area (Å²) in [6, 6.07) is 0. The van der Waals surface area contributed by atoms with Crippen molar-refractivity contribution in [3.63, 3.8) is 0 Å². The monoisotopic (exact) mass is 212 g/mol. The van der Waals surface area contributed by atoms with Crippen molar-refractivity contribution in [2.75, 3.05) is 12.3 Å². The molecule has 0 aromatic carbocycles. The predicted molar refractivity (Wildman–Crippen MR) is 62.5 cm³/mol. The molecule has 1 atom stereocenters. The highest BCUT2D eigenvalue weighted by Gasteiger charge is 2.22. The first-order valence-corrected chi connectivity index (χ1v) is 6.12. The van der Waals surface area contributed by atoms with Crippen molar-refractivity contribution in [3.05, 3.63) is 10.6 Å². The molecule has 0 spiro atoms. The molecule has 78 valence electrons. The molecule has 0 N–H and O–H groups in total. The van der Waals surface area contributed by atoms with E-state index in [-0.39, 0.29) is 0 Å². The average molecular weight is 212 g/mol. The summed E-state index contributed by atoms with van der Waals surface area (Å²) < 4.78 is 11.6. The summed E-state index contributed by atoms with van der Waals surface area (Å²) >= 11 is 0. The molecule has 4 heteroatoms. The highest BCUT2D eigenvalue weighted by atomic mass is 32.2. The van der Waals surface area contributed by atoms with Crippen LogP contribution in [0.15, 0.2) is 20.6 Å². The Kier molecular flexibility index (Phi) is 4.20. The molecule has 3 nitrogen and oxygen atoms in total. The normalized spacial score (nSPS) is 23.0. The second kappa shape index (κ2) is 5.20. The second-order valence-corrected chi connectivity index (χ2v) is 4.71. The zero-order chi connectivity index (χ0) is 10.6. The van der Waals surface area contributed by atoms with Crippen molar-refractivity contribution in [1.29, 1.82) is 0 Å². The molecule has 0 saturated carbocycles. The number of aliphatic imine (C=N–C) groups is 2. The summed E-state index contributed by atoms with van der Waals surface area (Å²) in [5, 5.41) is 0. The van der Waals surface area contributed by atoms with E-state index in [9.17, 15) is 4.21 Å². The number of hydrogen-bond acceptors (Lipinski definition) is 3. The maximum absolute atomic E-state index is 11.6. The van der Waals surface area contributed by atoms with Crippen LogP contribution in [-0.2, 0) is 10.8 Å². The van der Waals surface area contributed by atoms with E-state index in [1.54, 1.807) is 0 Å². The Hall–Kier alpha value is -0.770. The standard InChI is InChI=1S/C10H16N2OS/c1-4-6-12-8(2)10-9(11-3)5-7-14(10)13/h3-7H2,1-2H3. The van der Waals surface area contributed by atoms with Crippen molar-refractivity contribution in [1.82, 2.24) is 0 Å². The first-order valence-electron chi connectivity index (χ1n) is 4.80. The lowest BCUT2D eigenvalue weighted by Crippen LogP contribution is -2.04. The van der Waals surface area contributed by atoms with Crippen molar-refractivity contribution in [2.24, 2.45) is 9.98 Å². The van der Waals surface area contributed by atoms with E-state index in [1.165, 1.54) is 0 Å². The van der Waals surface area contributed by atoms with Gasteiger partial charge in [0.25, 0.3) is 0 Å². The molecule has 14 heavy (non-hydrogen) atoms. The number of rotatable bonds is 4. The topological polar surface area (TPSA) is 41.8 Å². The molecule has 0 saturated heterocycles. The fourth-order valence-corrected chi connectivity index (χ4v) is 2.82. The minimum absolute atomic E-state index is 0.669. The van der Waals surface area contributed by atoms with Crippen LogP contribution in [0, 0.1) is 0 Å². The van der Waals surface area contributed by atoms with Gasteiger partial charge in [0.05, 0.1) is 21.4 Å². The molecule has 0 aromatic heterocycles. The van der Waals surface area contributed by atoms with Crippen LogP contribution >= 0.6 is 0 Å². The Bertz CT molecular complexity index is 318. The van der Waals surface area contributed by atoms with E-state index in [1.807, 2.05) is 6.92 Å². The van der Waals surface area contributed by atoms with E-state index in [4.69, 9.17) is 0 Å². The summed E-state index contributed by atoms with van der Waals surface area (Å²) in [6.07, 6.45) is 1.78. The van der Waals surface area contributed by atoms with Gasteiger partial charge in [0.15, 0.2) is 0 Å². The van der Waals surface area contributed by atoms with Crippen molar-refractivity contribution >= 4 is 23.2 Å². The third-order valence-corrected chi connectivity index (χ3v) is 3.67. The number of allylic oxidation sites excluding steroid dienone is 2. The molecular weight excluding hydrogens is 196 g/mol. The molecule has 0 aromatic rings. The Labute approximate surface area is 87.5 Å². The zero-order valence-corrected chi connectivity index (χ0v) is 9.56. The van der Waals surface area contributed by atoms with Gasteiger partial charge in [0, 0.05) is 24.4 Å².